The molecule has 1 aromatic carbocycles. The molecule has 6 nitrogen and oxygen atoms in total. The zero-order valence-electron chi connectivity index (χ0n) is 17.2. The highest BCUT2D eigenvalue weighted by Crippen LogP contribution is 2.28. The van der Waals surface area contributed by atoms with Crippen molar-refractivity contribution < 1.29 is 14.3 Å². The van der Waals surface area contributed by atoms with Gasteiger partial charge in [0, 0.05) is 12.1 Å². The van der Waals surface area contributed by atoms with Gasteiger partial charge < -0.3 is 15.0 Å². The van der Waals surface area contributed by atoms with E-state index in [0.717, 1.165) is 35.7 Å². The summed E-state index contributed by atoms with van der Waals surface area (Å²) in [6.45, 7) is 8.24. The predicted molar refractivity (Wildman–Crippen MR) is 115 cm³/mol. The second-order valence-corrected chi connectivity index (χ2v) is 8.24. The summed E-state index contributed by atoms with van der Waals surface area (Å²) in [5, 5.41) is 3.79. The Hall–Kier alpha value is -2.25. The van der Waals surface area contributed by atoms with E-state index in [1.54, 1.807) is 19.1 Å². The molecule has 1 N–H and O–H groups in total. The van der Waals surface area contributed by atoms with Crippen LogP contribution in [0.4, 0.5) is 0 Å². The van der Waals surface area contributed by atoms with Crippen LogP contribution in [0.2, 0.25) is 0 Å². The monoisotopic (exact) mass is 415 g/mol. The minimum absolute atomic E-state index is 0.0597. The Morgan fingerprint density at radius 2 is 1.90 bits per heavy atom. The highest BCUT2D eigenvalue weighted by Gasteiger charge is 2.17. The Labute approximate surface area is 176 Å². The van der Waals surface area contributed by atoms with Gasteiger partial charge in [-0.05, 0) is 71.3 Å². The third kappa shape index (κ3) is 5.87. The van der Waals surface area contributed by atoms with Crippen molar-refractivity contribution in [2.24, 2.45) is 0 Å². The Balaban J connectivity index is 1.52. The Bertz CT molecular complexity index is 826. The molecule has 3 rings (SSSR count). The number of unbranched alkanes of at least 4 members (excludes halogenated alkanes) is 1. The van der Waals surface area contributed by atoms with Crippen molar-refractivity contribution in [1.82, 2.24) is 15.2 Å². The fourth-order valence-electron chi connectivity index (χ4n) is 3.44. The van der Waals surface area contributed by atoms with Gasteiger partial charge in [0.05, 0.1) is 17.9 Å². The fraction of sp³-hybridized carbons (Fsp3) is 0.500. The smallest absolute Gasteiger partial charge is 0.338 e. The van der Waals surface area contributed by atoms with Gasteiger partial charge in [-0.2, -0.15) is 0 Å². The molecule has 0 unspecified atom stereocenters. The molecule has 1 fully saturated rings. The molecule has 1 aliphatic heterocycles. The third-order valence-electron chi connectivity index (χ3n) is 5.03. The minimum atomic E-state index is -0.334. The first-order valence-corrected chi connectivity index (χ1v) is 11.2. The van der Waals surface area contributed by atoms with Gasteiger partial charge in [-0.1, -0.05) is 12.1 Å². The number of aromatic nitrogens is 1. The van der Waals surface area contributed by atoms with Crippen LogP contribution < -0.4 is 5.32 Å². The lowest BCUT2D eigenvalue weighted by atomic mass is 10.1. The number of hydrogen-bond donors (Lipinski definition) is 1. The standard InChI is InChI=1S/C22H29N3O3S/c1-3-28-22(27)18-10-8-17(9-11-18)21-24-16(2)19(29-21)20(26)23-12-4-5-13-25-14-6-7-15-25/h8-11H,3-7,12-15H2,1-2H3,(H,23,26). The Morgan fingerprint density at radius 1 is 1.17 bits per heavy atom. The largest absolute Gasteiger partial charge is 0.462 e. The number of ether oxygens (including phenoxy) is 1. The summed E-state index contributed by atoms with van der Waals surface area (Å²) in [5.41, 5.74) is 2.13. The molecule has 0 bridgehead atoms. The minimum Gasteiger partial charge on any atom is -0.462 e. The lowest BCUT2D eigenvalue weighted by Crippen LogP contribution is -2.26. The molecule has 156 valence electrons. The maximum atomic E-state index is 12.5. The maximum Gasteiger partial charge on any atom is 0.338 e. The molecule has 1 aliphatic rings. The summed E-state index contributed by atoms with van der Waals surface area (Å²) in [7, 11) is 0. The van der Waals surface area contributed by atoms with E-state index in [9.17, 15) is 9.59 Å². The third-order valence-corrected chi connectivity index (χ3v) is 6.24. The maximum absolute atomic E-state index is 12.5. The Kier molecular flexibility index (Phi) is 7.77. The summed E-state index contributed by atoms with van der Waals surface area (Å²) >= 11 is 1.38. The summed E-state index contributed by atoms with van der Waals surface area (Å²) in [5.74, 6) is -0.394. The molecule has 0 atom stereocenters. The molecule has 29 heavy (non-hydrogen) atoms. The highest BCUT2D eigenvalue weighted by molar-refractivity contribution is 7.17. The normalized spacial score (nSPS) is 14.1. The van der Waals surface area contributed by atoms with Gasteiger partial charge in [0.15, 0.2) is 0 Å². The molecule has 1 saturated heterocycles. The van der Waals surface area contributed by atoms with Crippen LogP contribution in [0.5, 0.6) is 0 Å². The number of benzene rings is 1. The molecular weight excluding hydrogens is 386 g/mol. The Morgan fingerprint density at radius 3 is 2.59 bits per heavy atom. The van der Waals surface area contributed by atoms with Gasteiger partial charge >= 0.3 is 5.97 Å². The summed E-state index contributed by atoms with van der Waals surface area (Å²) in [4.78, 5) is 32.0. The number of carbonyl (C=O) groups excluding carboxylic acids is 2. The predicted octanol–water partition coefficient (Wildman–Crippen LogP) is 3.90. The topological polar surface area (TPSA) is 71.5 Å². The van der Waals surface area contributed by atoms with Crippen LogP contribution >= 0.6 is 11.3 Å². The van der Waals surface area contributed by atoms with Crippen molar-refractivity contribution in [2.75, 3.05) is 32.8 Å². The van der Waals surface area contributed by atoms with Crippen molar-refractivity contribution in [2.45, 2.75) is 39.5 Å². The fourth-order valence-corrected chi connectivity index (χ4v) is 4.43. The summed E-state index contributed by atoms with van der Waals surface area (Å²) in [6.07, 6.45) is 4.73. The summed E-state index contributed by atoms with van der Waals surface area (Å²) < 4.78 is 5.00. The number of carbonyl (C=O) groups is 2. The van der Waals surface area contributed by atoms with E-state index in [2.05, 4.69) is 15.2 Å². The highest BCUT2D eigenvalue weighted by atomic mass is 32.1. The molecule has 0 radical (unpaired) electrons. The number of amides is 1. The molecule has 1 amide bonds. The van der Waals surface area contributed by atoms with Crippen LogP contribution in [-0.4, -0.2) is 54.5 Å². The zero-order valence-corrected chi connectivity index (χ0v) is 18.0. The van der Waals surface area contributed by atoms with Crippen LogP contribution in [0.3, 0.4) is 0 Å². The van der Waals surface area contributed by atoms with E-state index >= 15 is 0 Å². The van der Waals surface area contributed by atoms with Crippen LogP contribution in [0, 0.1) is 6.92 Å². The molecule has 0 aliphatic carbocycles. The second-order valence-electron chi connectivity index (χ2n) is 7.24. The van der Waals surface area contributed by atoms with Gasteiger partial charge in [0.25, 0.3) is 5.91 Å². The van der Waals surface area contributed by atoms with Gasteiger partial charge in [-0.15, -0.1) is 11.3 Å². The molecule has 7 heteroatoms. The van der Waals surface area contributed by atoms with E-state index in [1.807, 2.05) is 19.1 Å². The number of hydrogen-bond acceptors (Lipinski definition) is 6. The lowest BCUT2D eigenvalue weighted by molar-refractivity contribution is 0.0526. The van der Waals surface area contributed by atoms with Crippen LogP contribution in [0.1, 0.15) is 58.3 Å². The SMILES string of the molecule is CCOC(=O)c1ccc(-c2nc(C)c(C(=O)NCCCCN3CCCC3)s2)cc1. The number of rotatable bonds is 9. The molecule has 1 aromatic heterocycles. The van der Waals surface area contributed by atoms with Crippen molar-refractivity contribution in [1.29, 1.82) is 0 Å². The first-order chi connectivity index (χ1) is 14.1. The molecule has 0 saturated carbocycles. The lowest BCUT2D eigenvalue weighted by Gasteiger charge is -2.13. The van der Waals surface area contributed by atoms with Gasteiger partial charge in [-0.25, -0.2) is 9.78 Å². The van der Waals surface area contributed by atoms with Gasteiger partial charge in [0.2, 0.25) is 0 Å². The van der Waals surface area contributed by atoms with Crippen molar-refractivity contribution in [3.8, 4) is 10.6 Å². The second kappa shape index (κ2) is 10.5. The van der Waals surface area contributed by atoms with E-state index < -0.39 is 0 Å². The molecular formula is C22H29N3O3S. The average Bonchev–Trinajstić information content (AvgIpc) is 3.37. The quantitative estimate of drug-likeness (QED) is 0.497. The first-order valence-electron chi connectivity index (χ1n) is 10.3. The van der Waals surface area contributed by atoms with Crippen molar-refractivity contribution >= 4 is 23.2 Å². The average molecular weight is 416 g/mol. The zero-order chi connectivity index (χ0) is 20.6. The number of nitrogens with zero attached hydrogens (tertiary/aromatic N) is 2. The summed E-state index contributed by atoms with van der Waals surface area (Å²) in [6, 6.07) is 7.13. The van der Waals surface area contributed by atoms with Crippen LogP contribution in [0.15, 0.2) is 24.3 Å². The van der Waals surface area contributed by atoms with Crippen molar-refractivity contribution in [3.63, 3.8) is 0 Å². The number of thiazole rings is 1. The van der Waals surface area contributed by atoms with Gasteiger partial charge in [-0.3, -0.25) is 4.79 Å². The van der Waals surface area contributed by atoms with E-state index in [4.69, 9.17) is 4.74 Å². The van der Waals surface area contributed by atoms with E-state index in [1.165, 1.54) is 37.3 Å². The first kappa shape index (κ1) is 21.5. The number of nitrogens with one attached hydrogen (secondary N) is 1. The molecule has 2 heterocycles. The molecule has 0 spiro atoms. The molecule has 2 aromatic rings. The van der Waals surface area contributed by atoms with Crippen molar-refractivity contribution in [3.05, 3.63) is 40.4 Å². The number of likely N-dealkylation sites (tertiary alicyclic amines) is 1. The van der Waals surface area contributed by atoms with Crippen LogP contribution in [0.25, 0.3) is 10.6 Å². The number of esters is 1. The van der Waals surface area contributed by atoms with E-state index in [0.29, 0.717) is 23.6 Å². The number of aryl methyl sites for hydroxylation is 1. The van der Waals surface area contributed by atoms with Gasteiger partial charge in [0.1, 0.15) is 9.88 Å². The van der Waals surface area contributed by atoms with E-state index in [-0.39, 0.29) is 11.9 Å². The van der Waals surface area contributed by atoms with Crippen LogP contribution in [-0.2, 0) is 4.74 Å².